The third-order valence-electron chi connectivity index (χ3n) is 12.7. The van der Waals surface area contributed by atoms with Crippen LogP contribution in [0.4, 0.5) is 33.0 Å². The number of carbonyl (C=O) groups is 3. The minimum absolute atomic E-state index is 0. The Morgan fingerprint density at radius 2 is 1.87 bits per heavy atom. The summed E-state index contributed by atoms with van der Waals surface area (Å²) < 4.78 is 87.3. The summed E-state index contributed by atoms with van der Waals surface area (Å²) >= 11 is 0. The average Bonchev–Trinajstić information content (AvgIpc) is 3.76. The molecule has 1 N–H and O–H groups in total. The van der Waals surface area contributed by atoms with Crippen molar-refractivity contribution in [3.05, 3.63) is 47.7 Å². The lowest BCUT2D eigenvalue weighted by Gasteiger charge is -2.42. The maximum Gasteiger partial charge on any atom is 0.415 e. The van der Waals surface area contributed by atoms with Crippen molar-refractivity contribution < 1.29 is 52.3 Å². The predicted molar refractivity (Wildman–Crippen MR) is 220 cm³/mol. The van der Waals surface area contributed by atoms with Gasteiger partial charge in [0.25, 0.3) is 5.91 Å². The van der Waals surface area contributed by atoms with Crippen LogP contribution in [-0.4, -0.2) is 150 Å². The van der Waals surface area contributed by atoms with Crippen molar-refractivity contribution in [2.75, 3.05) is 78.1 Å². The molecule has 19 heteroatoms. The molecule has 6 bridgehead atoms. The first kappa shape index (κ1) is 41.8. The Labute approximate surface area is 356 Å². The SMILES string of the molecule is CN(C)C(=O)C1CN(C(=O)Oc2cc3c4c(c(F)ccc4c2)CCCOC(=O)N[C@]2(C)C[C@@H](F)CN(C2)c2nc(OC[C@@]45CCCN4C[C@H](F)C5)nc4c(F)c-3ncc24)CCO1.[HH]. The molecule has 15 nitrogen and oxygen atoms in total. The van der Waals surface area contributed by atoms with E-state index >= 15 is 13.2 Å². The number of alkyl halides is 2. The Balaban J connectivity index is 0.00000544. The zero-order valence-corrected chi connectivity index (χ0v) is 34.7. The Bertz CT molecular complexity index is 2450. The Kier molecular flexibility index (Phi) is 11.0. The fourth-order valence-electron chi connectivity index (χ4n) is 9.85. The minimum atomic E-state index is -1.44. The van der Waals surface area contributed by atoms with Crippen LogP contribution >= 0.6 is 0 Å². The molecule has 0 radical (unpaired) electrons. The summed E-state index contributed by atoms with van der Waals surface area (Å²) in [5, 5.41) is 3.57. The van der Waals surface area contributed by atoms with Crippen molar-refractivity contribution in [1.29, 1.82) is 0 Å². The molecule has 10 rings (SSSR count). The zero-order valence-electron chi connectivity index (χ0n) is 34.7. The van der Waals surface area contributed by atoms with Gasteiger partial charge < -0.3 is 39.0 Å². The number of alkyl carbamates (subject to hydrolysis) is 1. The number of aryl methyl sites for hydroxylation is 1. The molecule has 1 unspecified atom stereocenters. The molecule has 6 aliphatic heterocycles. The number of amides is 3. The molecule has 2 aromatic carbocycles. The summed E-state index contributed by atoms with van der Waals surface area (Å²) in [5.74, 6) is -1.77. The van der Waals surface area contributed by atoms with Gasteiger partial charge in [0, 0.05) is 59.8 Å². The van der Waals surface area contributed by atoms with Gasteiger partial charge >= 0.3 is 18.2 Å². The Morgan fingerprint density at radius 1 is 1.05 bits per heavy atom. The lowest BCUT2D eigenvalue weighted by Crippen LogP contribution is -2.60. The highest BCUT2D eigenvalue weighted by molar-refractivity contribution is 6.02. The van der Waals surface area contributed by atoms with Crippen molar-refractivity contribution in [2.24, 2.45) is 0 Å². The van der Waals surface area contributed by atoms with Gasteiger partial charge in [0.1, 0.15) is 47.5 Å². The number of carbonyl (C=O) groups excluding carboxylic acids is 3. The van der Waals surface area contributed by atoms with Gasteiger partial charge in [0.2, 0.25) is 0 Å². The number of nitrogens with one attached hydrogen (secondary N) is 1. The van der Waals surface area contributed by atoms with Crippen LogP contribution in [0, 0.1) is 11.6 Å². The van der Waals surface area contributed by atoms with E-state index in [0.29, 0.717) is 18.4 Å². The lowest BCUT2D eigenvalue weighted by molar-refractivity contribution is -0.145. The van der Waals surface area contributed by atoms with Crippen LogP contribution < -0.4 is 19.7 Å². The van der Waals surface area contributed by atoms with Crippen molar-refractivity contribution in [1.82, 2.24) is 35.0 Å². The largest absolute Gasteiger partial charge is 0.461 e. The highest BCUT2D eigenvalue weighted by atomic mass is 19.1. The number of hydrogen-bond acceptors (Lipinski definition) is 12. The number of benzene rings is 2. The maximum absolute atomic E-state index is 17.6. The number of ether oxygens (including phenoxy) is 4. The van der Waals surface area contributed by atoms with Gasteiger partial charge in [-0.3, -0.25) is 14.7 Å². The second-order valence-electron chi connectivity index (χ2n) is 17.5. The number of anilines is 1. The highest BCUT2D eigenvalue weighted by Crippen LogP contribution is 2.43. The fraction of sp³-hybridized carbons (Fsp3) is 0.535. The summed E-state index contributed by atoms with van der Waals surface area (Å²) in [5.41, 5.74) is -1.99. The third-order valence-corrected chi connectivity index (χ3v) is 12.7. The van der Waals surface area contributed by atoms with E-state index in [2.05, 4.69) is 20.2 Å². The number of fused-ring (bicyclic) bond motifs is 7. The topological polar surface area (TPSA) is 152 Å². The Hall–Kier alpha value is -5.56. The van der Waals surface area contributed by atoms with E-state index in [-0.39, 0.29) is 136 Å². The molecule has 4 saturated heterocycles. The van der Waals surface area contributed by atoms with Crippen molar-refractivity contribution >= 4 is 45.6 Å². The number of piperidine rings is 1. The number of pyridine rings is 1. The molecule has 4 fully saturated rings. The third kappa shape index (κ3) is 7.88. The van der Waals surface area contributed by atoms with Gasteiger partial charge in [-0.05, 0) is 73.7 Å². The first-order valence-electron chi connectivity index (χ1n) is 21.0. The average molecular weight is 867 g/mol. The maximum atomic E-state index is 17.6. The zero-order chi connectivity index (χ0) is 43.5. The second-order valence-corrected chi connectivity index (χ2v) is 17.5. The van der Waals surface area contributed by atoms with Gasteiger partial charge in [-0.2, -0.15) is 9.97 Å². The fourth-order valence-corrected chi connectivity index (χ4v) is 9.85. The van der Waals surface area contributed by atoms with Crippen LogP contribution in [-0.2, 0) is 20.7 Å². The summed E-state index contributed by atoms with van der Waals surface area (Å²) in [6.07, 6.45) is -1.60. The van der Waals surface area contributed by atoms with Crippen LogP contribution in [0.1, 0.15) is 46.0 Å². The smallest absolute Gasteiger partial charge is 0.415 e. The summed E-state index contributed by atoms with van der Waals surface area (Å²) in [4.78, 5) is 59.7. The van der Waals surface area contributed by atoms with Crippen molar-refractivity contribution in [3.8, 4) is 23.0 Å². The quantitative estimate of drug-likeness (QED) is 0.249. The predicted octanol–water partition coefficient (Wildman–Crippen LogP) is 5.59. The lowest BCUT2D eigenvalue weighted by atomic mass is 9.90. The molecule has 3 amide bonds. The Morgan fingerprint density at radius 3 is 2.69 bits per heavy atom. The number of rotatable bonds is 5. The number of nitrogens with zero attached hydrogens (tertiary/aromatic N) is 7. The number of aromatic nitrogens is 3. The monoisotopic (exact) mass is 866 g/mol. The number of morpholine rings is 1. The van der Waals surface area contributed by atoms with Gasteiger partial charge in [0.15, 0.2) is 11.9 Å². The first-order chi connectivity index (χ1) is 29.7. The van der Waals surface area contributed by atoms with E-state index in [1.807, 2.05) is 0 Å². The van der Waals surface area contributed by atoms with Crippen LogP contribution in [0.3, 0.4) is 0 Å². The molecule has 0 spiro atoms. The van der Waals surface area contributed by atoms with E-state index in [0.717, 1.165) is 6.42 Å². The van der Waals surface area contributed by atoms with Crippen LogP contribution in [0.5, 0.6) is 11.8 Å². The molecule has 6 aliphatic rings. The number of likely N-dealkylation sites (N-methyl/N-ethyl adjacent to an activating group) is 1. The van der Waals surface area contributed by atoms with E-state index in [1.54, 1.807) is 25.9 Å². The van der Waals surface area contributed by atoms with Gasteiger partial charge in [-0.15, -0.1) is 0 Å². The van der Waals surface area contributed by atoms with Crippen LogP contribution in [0.15, 0.2) is 30.5 Å². The van der Waals surface area contributed by atoms with Crippen molar-refractivity contribution in [2.45, 2.75) is 75.0 Å². The summed E-state index contributed by atoms with van der Waals surface area (Å²) in [7, 11) is 3.17. The van der Waals surface area contributed by atoms with Crippen molar-refractivity contribution in [3.63, 3.8) is 0 Å². The molecular weight excluding hydrogens is 817 g/mol. The van der Waals surface area contributed by atoms with E-state index in [1.165, 1.54) is 40.3 Å². The normalized spacial score (nSPS) is 26.6. The van der Waals surface area contributed by atoms with E-state index in [4.69, 9.17) is 23.9 Å². The van der Waals surface area contributed by atoms with E-state index in [9.17, 15) is 18.8 Å². The second kappa shape index (κ2) is 16.3. The molecule has 5 atom stereocenters. The molecule has 0 aliphatic carbocycles. The molecule has 0 saturated carbocycles. The van der Waals surface area contributed by atoms with Gasteiger partial charge in [0.05, 0.1) is 42.8 Å². The van der Waals surface area contributed by atoms with Crippen LogP contribution in [0.2, 0.25) is 0 Å². The van der Waals surface area contributed by atoms with Gasteiger partial charge in [-0.1, -0.05) is 6.07 Å². The first-order valence-corrected chi connectivity index (χ1v) is 21.0. The standard InChI is InChI=1S/C43H48F4N8O7.H2/c1-42-16-25(44)19-54(22-42)37-30-18-48-35(34(47)36(30)49-39(50-37)61-23-43-9-5-10-55(43)20-26(45)17-43)29-15-27(62-41(58)53-11-13-59-32(21-53)38(56)52(2)3)14-24-7-8-31(46)28(33(24)29)6-4-12-60-40(57)51-42;/h7-8,14-15,18,25-26,32H,4-6,9-13,16-17,19-23H2,1-3H3,(H,51,57);1H/t25-,26-,32?,42-,43+;/m1./s1. The minimum Gasteiger partial charge on any atom is -0.461 e. The molecule has 332 valence electrons. The van der Waals surface area contributed by atoms with Gasteiger partial charge in [-0.25, -0.2) is 27.2 Å². The summed E-state index contributed by atoms with van der Waals surface area (Å²) in [6, 6.07) is 5.42. The van der Waals surface area contributed by atoms with Crippen LogP contribution in [0.25, 0.3) is 32.9 Å². The molecule has 8 heterocycles. The molecule has 62 heavy (non-hydrogen) atoms. The highest BCUT2D eigenvalue weighted by Gasteiger charge is 2.49. The molecular formula is C43H50F4N8O7. The summed E-state index contributed by atoms with van der Waals surface area (Å²) in [6.45, 7) is 2.66. The molecule has 4 aromatic rings. The number of halogens is 4. The molecule has 2 aromatic heterocycles. The van der Waals surface area contributed by atoms with E-state index < -0.39 is 53.3 Å². The number of hydrogen-bond donors (Lipinski definition) is 1.